The van der Waals surface area contributed by atoms with Crippen LogP contribution in [0.1, 0.15) is 17.2 Å². The first-order chi connectivity index (χ1) is 17.0. The van der Waals surface area contributed by atoms with E-state index in [4.69, 9.17) is 0 Å². The Labute approximate surface area is 205 Å². The molecule has 1 fully saturated rings. The number of halogens is 1. The highest BCUT2D eigenvalue weighted by molar-refractivity contribution is 8.00. The van der Waals surface area contributed by atoms with Gasteiger partial charge in [-0.3, -0.25) is 14.5 Å². The summed E-state index contributed by atoms with van der Waals surface area (Å²) in [4.78, 5) is 31.7. The number of benzene rings is 1. The molecule has 5 heterocycles. The van der Waals surface area contributed by atoms with Gasteiger partial charge in [0.05, 0.1) is 28.0 Å². The van der Waals surface area contributed by atoms with Gasteiger partial charge in [-0.05, 0) is 35.7 Å². The van der Waals surface area contributed by atoms with Crippen LogP contribution in [-0.4, -0.2) is 63.5 Å². The number of β-amino-alcohol motifs (C(OH)–C–C–N with tert-alkyl or cyclic N) is 1. The minimum Gasteiger partial charge on any atom is -0.391 e. The van der Waals surface area contributed by atoms with Gasteiger partial charge in [0.15, 0.2) is 0 Å². The van der Waals surface area contributed by atoms with Crippen molar-refractivity contribution in [3.05, 3.63) is 63.8 Å². The number of thioether (sulfide) groups is 1. The van der Waals surface area contributed by atoms with Crippen LogP contribution in [0, 0.1) is 11.7 Å². The molecule has 3 aliphatic heterocycles. The average Bonchev–Trinajstić information content (AvgIpc) is 3.39. The second-order valence-electron chi connectivity index (χ2n) is 9.54. The van der Waals surface area contributed by atoms with Crippen molar-refractivity contribution in [2.45, 2.75) is 30.0 Å². The van der Waals surface area contributed by atoms with Gasteiger partial charge in [-0.2, -0.15) is 0 Å². The minimum atomic E-state index is -0.484. The maximum atomic E-state index is 14.8. The van der Waals surface area contributed by atoms with Crippen LogP contribution in [0.4, 0.5) is 10.2 Å². The molecule has 0 aliphatic carbocycles. The summed E-state index contributed by atoms with van der Waals surface area (Å²) in [5.74, 6) is 0.616. The van der Waals surface area contributed by atoms with E-state index in [1.165, 1.54) is 23.9 Å². The number of amides is 1. The lowest BCUT2D eigenvalue weighted by atomic mass is 9.98. The van der Waals surface area contributed by atoms with Crippen molar-refractivity contribution in [1.29, 1.82) is 0 Å². The summed E-state index contributed by atoms with van der Waals surface area (Å²) in [7, 11) is 0. The monoisotopic (exact) mass is 495 g/mol. The first-order valence-electron chi connectivity index (χ1n) is 11.8. The third kappa shape index (κ3) is 4.24. The predicted molar refractivity (Wildman–Crippen MR) is 132 cm³/mol. The number of fused-ring (bicyclic) bond motifs is 1. The summed E-state index contributed by atoms with van der Waals surface area (Å²) in [6.45, 7) is 3.41. The smallest absolute Gasteiger partial charge is 0.251 e. The molecule has 3 atom stereocenters. The zero-order chi connectivity index (χ0) is 24.1. The number of anilines is 1. The first-order valence-corrected chi connectivity index (χ1v) is 12.8. The Morgan fingerprint density at radius 2 is 2.00 bits per heavy atom. The standard InChI is InChI=1S/C25H26FN5O3S/c26-18-4-1-14-2-6-22(34)31-11-16(23(18)24(14)31)10-30-9-15(19(32)12-30)7-27-8-17-3-5-20-25(28-17)29-21(33)13-35-20/h1-6,15-16,19,27,32H,7-13H2,(H,28,29,33). The fourth-order valence-corrected chi connectivity index (χ4v) is 6.28. The predicted octanol–water partition coefficient (Wildman–Crippen LogP) is 1.76. The van der Waals surface area contributed by atoms with E-state index in [0.717, 1.165) is 16.0 Å². The number of aliphatic hydroxyl groups excluding tert-OH is 1. The highest BCUT2D eigenvalue weighted by Crippen LogP contribution is 2.36. The highest BCUT2D eigenvalue weighted by Gasteiger charge is 2.35. The topological polar surface area (TPSA) is 99.5 Å². The van der Waals surface area contributed by atoms with Crippen LogP contribution in [0.25, 0.3) is 10.9 Å². The van der Waals surface area contributed by atoms with Crippen molar-refractivity contribution in [2.24, 2.45) is 5.92 Å². The van der Waals surface area contributed by atoms with E-state index in [1.54, 1.807) is 16.7 Å². The number of carbonyl (C=O) groups excluding carboxylic acids is 1. The third-order valence-corrected chi connectivity index (χ3v) is 8.20. The van der Waals surface area contributed by atoms with E-state index < -0.39 is 6.10 Å². The Morgan fingerprint density at radius 3 is 2.89 bits per heavy atom. The number of nitrogens with zero attached hydrogens (tertiary/aromatic N) is 3. The second-order valence-corrected chi connectivity index (χ2v) is 10.6. The van der Waals surface area contributed by atoms with E-state index in [9.17, 15) is 19.1 Å². The molecule has 0 spiro atoms. The van der Waals surface area contributed by atoms with Crippen LogP contribution in [0.3, 0.4) is 0 Å². The van der Waals surface area contributed by atoms with Crippen molar-refractivity contribution in [3.8, 4) is 0 Å². The van der Waals surface area contributed by atoms with Crippen LogP contribution in [-0.2, 0) is 17.9 Å². The van der Waals surface area contributed by atoms with Gasteiger partial charge < -0.3 is 20.3 Å². The van der Waals surface area contributed by atoms with Crippen LogP contribution < -0.4 is 16.2 Å². The van der Waals surface area contributed by atoms with Gasteiger partial charge in [0.2, 0.25) is 5.91 Å². The molecule has 182 valence electrons. The number of rotatable bonds is 6. The van der Waals surface area contributed by atoms with Crippen molar-refractivity contribution >= 4 is 34.4 Å². The molecule has 35 heavy (non-hydrogen) atoms. The Balaban J connectivity index is 1.08. The number of likely N-dealkylation sites (tertiary alicyclic amines) is 1. The van der Waals surface area contributed by atoms with Crippen LogP contribution in [0.15, 0.2) is 46.1 Å². The van der Waals surface area contributed by atoms with Gasteiger partial charge in [-0.25, -0.2) is 9.37 Å². The Hall–Kier alpha value is -2.79. The number of aromatic nitrogens is 2. The number of aliphatic hydroxyl groups is 1. The van der Waals surface area contributed by atoms with Gasteiger partial charge in [-0.1, -0.05) is 0 Å². The van der Waals surface area contributed by atoms with E-state index in [0.29, 0.717) is 61.9 Å². The summed E-state index contributed by atoms with van der Waals surface area (Å²) in [5, 5.41) is 17.7. The summed E-state index contributed by atoms with van der Waals surface area (Å²) in [6, 6.07) is 10.4. The van der Waals surface area contributed by atoms with Crippen molar-refractivity contribution in [2.75, 3.05) is 37.2 Å². The minimum absolute atomic E-state index is 0.0371. The molecule has 3 N–H and O–H groups in total. The number of hydrogen-bond donors (Lipinski definition) is 3. The average molecular weight is 496 g/mol. The number of carbonyl (C=O) groups is 1. The van der Waals surface area contributed by atoms with Gasteiger partial charge in [-0.15, -0.1) is 11.8 Å². The Morgan fingerprint density at radius 1 is 1.14 bits per heavy atom. The number of hydrogen-bond acceptors (Lipinski definition) is 7. The van der Waals surface area contributed by atoms with Crippen LogP contribution >= 0.6 is 11.8 Å². The first kappa shape index (κ1) is 22.7. The highest BCUT2D eigenvalue weighted by atomic mass is 32.2. The lowest BCUT2D eigenvalue weighted by Gasteiger charge is -2.21. The number of nitrogens with one attached hydrogen (secondary N) is 2. The molecule has 8 nitrogen and oxygen atoms in total. The number of pyridine rings is 2. The summed E-state index contributed by atoms with van der Waals surface area (Å²) < 4.78 is 16.5. The maximum absolute atomic E-state index is 14.8. The molecule has 3 aliphatic rings. The molecule has 2 aromatic heterocycles. The normalized spacial score (nSPS) is 23.6. The zero-order valence-corrected chi connectivity index (χ0v) is 19.9. The molecule has 0 radical (unpaired) electrons. The van der Waals surface area contributed by atoms with Gasteiger partial charge >= 0.3 is 0 Å². The van der Waals surface area contributed by atoms with Crippen LogP contribution in [0.5, 0.6) is 0 Å². The van der Waals surface area contributed by atoms with E-state index in [2.05, 4.69) is 20.5 Å². The third-order valence-electron chi connectivity index (χ3n) is 7.15. The van der Waals surface area contributed by atoms with Gasteiger partial charge in [0.1, 0.15) is 11.6 Å². The molecule has 3 aromatic rings. The lowest BCUT2D eigenvalue weighted by Crippen LogP contribution is -2.31. The molecule has 1 aromatic carbocycles. The molecule has 1 saturated heterocycles. The Bertz CT molecular complexity index is 1380. The summed E-state index contributed by atoms with van der Waals surface area (Å²) >= 11 is 1.48. The fourth-order valence-electron chi connectivity index (χ4n) is 5.52. The van der Waals surface area contributed by atoms with Crippen molar-refractivity contribution in [3.63, 3.8) is 0 Å². The summed E-state index contributed by atoms with van der Waals surface area (Å²) in [6.07, 6.45) is -0.484. The molecular weight excluding hydrogens is 469 g/mol. The summed E-state index contributed by atoms with van der Waals surface area (Å²) in [5.41, 5.74) is 2.03. The molecule has 6 rings (SSSR count). The zero-order valence-electron chi connectivity index (χ0n) is 19.0. The molecule has 1 amide bonds. The van der Waals surface area contributed by atoms with E-state index >= 15 is 0 Å². The Kier molecular flexibility index (Phi) is 5.84. The quantitative estimate of drug-likeness (QED) is 0.479. The molecule has 0 saturated carbocycles. The maximum Gasteiger partial charge on any atom is 0.251 e. The second kappa shape index (κ2) is 9.02. The molecular formula is C25H26FN5O3S. The van der Waals surface area contributed by atoms with Gasteiger partial charge in [0, 0.05) is 62.7 Å². The molecule has 3 unspecified atom stereocenters. The van der Waals surface area contributed by atoms with E-state index in [1.807, 2.05) is 12.1 Å². The van der Waals surface area contributed by atoms with Gasteiger partial charge in [0.25, 0.3) is 5.56 Å². The molecule has 10 heteroatoms. The fraction of sp³-hybridized carbons (Fsp3) is 0.400. The van der Waals surface area contributed by atoms with Crippen molar-refractivity contribution in [1.82, 2.24) is 19.8 Å². The molecule has 0 bridgehead atoms. The lowest BCUT2D eigenvalue weighted by molar-refractivity contribution is -0.113. The van der Waals surface area contributed by atoms with Crippen LogP contribution in [0.2, 0.25) is 0 Å². The SMILES string of the molecule is O=C1CSc2ccc(CNCC3CN(CC4Cn5c(=O)ccc6ccc(F)c4c65)CC3O)nc2N1. The van der Waals surface area contributed by atoms with E-state index in [-0.39, 0.29) is 29.1 Å². The van der Waals surface area contributed by atoms with Crippen molar-refractivity contribution < 1.29 is 14.3 Å². The largest absolute Gasteiger partial charge is 0.391 e.